The number of nitrogens with zero attached hydrogens (tertiary/aromatic N) is 1. The number of anilines is 2. The molecular formula is C23H30BrNO2S. The van der Waals surface area contributed by atoms with E-state index in [-0.39, 0.29) is 10.8 Å². The zero-order valence-electron chi connectivity index (χ0n) is 17.6. The van der Waals surface area contributed by atoms with Crippen LogP contribution in [0.25, 0.3) is 0 Å². The van der Waals surface area contributed by atoms with Gasteiger partial charge in [0.25, 0.3) is 0 Å². The molecule has 0 atom stereocenters. The Kier molecular flexibility index (Phi) is 5.48. The molecule has 28 heavy (non-hydrogen) atoms. The molecule has 2 aromatic carbocycles. The Morgan fingerprint density at radius 3 is 1.61 bits per heavy atom. The predicted octanol–water partition coefficient (Wildman–Crippen LogP) is 6.35. The van der Waals surface area contributed by atoms with Crippen molar-refractivity contribution in [3.63, 3.8) is 0 Å². The maximum absolute atomic E-state index is 13.6. The van der Waals surface area contributed by atoms with Crippen LogP contribution in [-0.4, -0.2) is 20.3 Å². The Labute approximate surface area is 178 Å². The molecule has 2 aromatic rings. The smallest absolute Gasteiger partial charge is 0.210 e. The normalized spacial score (nSPS) is 15.9. The Morgan fingerprint density at radius 2 is 1.25 bits per heavy atom. The fourth-order valence-corrected chi connectivity index (χ4v) is 5.50. The van der Waals surface area contributed by atoms with Gasteiger partial charge in [-0.25, -0.2) is 8.42 Å². The van der Waals surface area contributed by atoms with Crippen LogP contribution in [0, 0.1) is 0 Å². The lowest BCUT2D eigenvalue weighted by molar-refractivity contribution is 0.578. The molecule has 0 saturated carbocycles. The lowest BCUT2D eigenvalue weighted by Gasteiger charge is -2.35. The average Bonchev–Trinajstić information content (AvgIpc) is 2.59. The van der Waals surface area contributed by atoms with Gasteiger partial charge in [-0.05, 0) is 52.6 Å². The van der Waals surface area contributed by atoms with E-state index in [0.717, 1.165) is 40.8 Å². The summed E-state index contributed by atoms with van der Waals surface area (Å²) in [5.41, 5.74) is 3.41. The van der Waals surface area contributed by atoms with E-state index in [1.54, 1.807) is 0 Å². The van der Waals surface area contributed by atoms with Crippen LogP contribution in [0.15, 0.2) is 46.2 Å². The summed E-state index contributed by atoms with van der Waals surface area (Å²) in [6.45, 7) is 13.4. The van der Waals surface area contributed by atoms with Crippen LogP contribution in [-0.2, 0) is 20.7 Å². The summed E-state index contributed by atoms with van der Waals surface area (Å²) in [7, 11) is -3.58. The Morgan fingerprint density at radius 1 is 0.821 bits per heavy atom. The zero-order chi connectivity index (χ0) is 20.9. The number of alkyl halides is 1. The van der Waals surface area contributed by atoms with Crippen LogP contribution in [0.5, 0.6) is 0 Å². The van der Waals surface area contributed by atoms with Gasteiger partial charge in [-0.15, -0.1) is 0 Å². The molecule has 3 nitrogen and oxygen atoms in total. The number of sulfone groups is 1. The minimum absolute atomic E-state index is 0.112. The van der Waals surface area contributed by atoms with Gasteiger partial charge < -0.3 is 4.90 Å². The summed E-state index contributed by atoms with van der Waals surface area (Å²) < 4.78 is 27.3. The molecule has 0 aliphatic carbocycles. The number of hydrogen-bond acceptors (Lipinski definition) is 3. The van der Waals surface area contributed by atoms with Crippen molar-refractivity contribution in [2.24, 2.45) is 0 Å². The maximum atomic E-state index is 13.6. The van der Waals surface area contributed by atoms with Crippen LogP contribution in [0.3, 0.4) is 0 Å². The summed E-state index contributed by atoms with van der Waals surface area (Å²) in [6.07, 6.45) is 0.932. The number of rotatable bonds is 3. The number of benzene rings is 2. The third-order valence-electron chi connectivity index (χ3n) is 5.33. The van der Waals surface area contributed by atoms with E-state index < -0.39 is 9.84 Å². The van der Waals surface area contributed by atoms with Gasteiger partial charge in [0.15, 0.2) is 0 Å². The molecule has 1 heterocycles. The highest BCUT2D eigenvalue weighted by atomic mass is 79.9. The zero-order valence-corrected chi connectivity index (χ0v) is 20.0. The SMILES string of the molecule is CC(C)(C)c1ccc2c(c1)S(=O)(=O)c1cc(C(C)(C)C)ccc1N2CCCBr. The van der Waals surface area contributed by atoms with Crippen molar-refractivity contribution >= 4 is 37.1 Å². The number of hydrogen-bond donors (Lipinski definition) is 0. The number of halogens is 1. The van der Waals surface area contributed by atoms with Gasteiger partial charge >= 0.3 is 0 Å². The van der Waals surface area contributed by atoms with Gasteiger partial charge in [-0.1, -0.05) is 69.6 Å². The Balaban J connectivity index is 2.28. The second kappa shape index (κ2) is 7.17. The van der Waals surface area contributed by atoms with Crippen LogP contribution in [0.2, 0.25) is 0 Å². The van der Waals surface area contributed by atoms with Gasteiger partial charge in [0.1, 0.15) is 0 Å². The first-order valence-electron chi connectivity index (χ1n) is 9.75. The molecule has 0 fully saturated rings. The summed E-state index contributed by atoms with van der Waals surface area (Å²) in [5, 5.41) is 0.876. The maximum Gasteiger partial charge on any atom is 0.210 e. The first-order valence-corrected chi connectivity index (χ1v) is 12.4. The van der Waals surface area contributed by atoms with Crippen molar-refractivity contribution in [3.8, 4) is 0 Å². The van der Waals surface area contributed by atoms with Crippen molar-refractivity contribution in [3.05, 3.63) is 47.5 Å². The fourth-order valence-electron chi connectivity index (χ4n) is 3.54. The summed E-state index contributed by atoms with van der Waals surface area (Å²) >= 11 is 3.51. The van der Waals surface area contributed by atoms with E-state index in [2.05, 4.69) is 74.5 Å². The van der Waals surface area contributed by atoms with Crippen LogP contribution in [0.4, 0.5) is 11.4 Å². The van der Waals surface area contributed by atoms with Crippen molar-refractivity contribution in [2.75, 3.05) is 16.8 Å². The van der Waals surface area contributed by atoms with Crippen molar-refractivity contribution in [1.82, 2.24) is 0 Å². The highest BCUT2D eigenvalue weighted by Crippen LogP contribution is 2.46. The van der Waals surface area contributed by atoms with Crippen molar-refractivity contribution in [2.45, 2.75) is 68.6 Å². The molecule has 0 aromatic heterocycles. The topological polar surface area (TPSA) is 37.4 Å². The third kappa shape index (κ3) is 3.76. The lowest BCUT2D eigenvalue weighted by Crippen LogP contribution is -2.28. The molecule has 1 aliphatic heterocycles. The summed E-state index contributed by atoms with van der Waals surface area (Å²) in [6, 6.07) is 11.8. The van der Waals surface area contributed by atoms with E-state index in [9.17, 15) is 8.42 Å². The van der Waals surface area contributed by atoms with E-state index in [1.807, 2.05) is 24.3 Å². The molecule has 0 spiro atoms. The third-order valence-corrected chi connectivity index (χ3v) is 7.70. The van der Waals surface area contributed by atoms with Crippen LogP contribution >= 0.6 is 15.9 Å². The summed E-state index contributed by atoms with van der Waals surface area (Å²) in [4.78, 5) is 3.01. The fraction of sp³-hybridized carbons (Fsp3) is 0.478. The summed E-state index contributed by atoms with van der Waals surface area (Å²) in [5.74, 6) is 0. The molecule has 0 N–H and O–H groups in total. The Hall–Kier alpha value is -1.33. The van der Waals surface area contributed by atoms with Crippen LogP contribution < -0.4 is 4.90 Å². The molecule has 5 heteroatoms. The second-order valence-electron chi connectivity index (χ2n) is 9.56. The number of fused-ring (bicyclic) bond motifs is 2. The molecule has 0 bridgehead atoms. The van der Waals surface area contributed by atoms with Gasteiger partial charge in [-0.2, -0.15) is 0 Å². The standard InChI is InChI=1S/C23H30BrNO2S/c1-22(2,3)16-8-10-18-20(14-16)28(26,27)21-15-17(23(4,5)6)9-11-19(21)25(18)13-7-12-24/h8-11,14-15H,7,12-13H2,1-6H3. The average molecular weight is 464 g/mol. The van der Waals surface area contributed by atoms with E-state index in [0.29, 0.717) is 9.79 Å². The molecule has 152 valence electrons. The molecule has 0 amide bonds. The highest BCUT2D eigenvalue weighted by Gasteiger charge is 2.36. The second-order valence-corrected chi connectivity index (χ2v) is 12.2. The quantitative estimate of drug-likeness (QED) is 0.497. The monoisotopic (exact) mass is 463 g/mol. The lowest BCUT2D eigenvalue weighted by atomic mass is 9.86. The molecule has 0 unspecified atom stereocenters. The molecule has 0 saturated heterocycles. The molecule has 1 aliphatic rings. The van der Waals surface area contributed by atoms with E-state index in [4.69, 9.17) is 0 Å². The van der Waals surface area contributed by atoms with Crippen molar-refractivity contribution < 1.29 is 8.42 Å². The van der Waals surface area contributed by atoms with E-state index in [1.165, 1.54) is 0 Å². The molecule has 0 radical (unpaired) electrons. The minimum atomic E-state index is -3.58. The van der Waals surface area contributed by atoms with Gasteiger partial charge in [-0.3, -0.25) is 0 Å². The van der Waals surface area contributed by atoms with Gasteiger partial charge in [0.2, 0.25) is 9.84 Å². The minimum Gasteiger partial charge on any atom is -0.339 e. The van der Waals surface area contributed by atoms with Crippen molar-refractivity contribution in [1.29, 1.82) is 0 Å². The van der Waals surface area contributed by atoms with Gasteiger partial charge in [0.05, 0.1) is 21.2 Å². The Bertz CT molecular complexity index is 927. The van der Waals surface area contributed by atoms with Crippen LogP contribution in [0.1, 0.15) is 59.1 Å². The van der Waals surface area contributed by atoms with Gasteiger partial charge in [0, 0.05) is 11.9 Å². The predicted molar refractivity (Wildman–Crippen MR) is 121 cm³/mol. The molecular weight excluding hydrogens is 434 g/mol. The van der Waals surface area contributed by atoms with E-state index >= 15 is 0 Å². The first-order chi connectivity index (χ1) is 12.9. The first kappa shape index (κ1) is 21.4. The molecule has 3 rings (SSSR count). The largest absolute Gasteiger partial charge is 0.339 e. The highest BCUT2D eigenvalue weighted by molar-refractivity contribution is 9.09.